The van der Waals surface area contributed by atoms with Crippen LogP contribution in [0, 0.1) is 5.92 Å². The first kappa shape index (κ1) is 23.7. The summed E-state index contributed by atoms with van der Waals surface area (Å²) in [6, 6.07) is 3.94. The first-order valence-corrected chi connectivity index (χ1v) is 9.53. The number of piperidine rings is 1. The van der Waals surface area contributed by atoms with E-state index in [4.69, 9.17) is 19.2 Å². The van der Waals surface area contributed by atoms with Gasteiger partial charge in [0, 0.05) is 19.6 Å². The van der Waals surface area contributed by atoms with E-state index in [9.17, 15) is 0 Å². The van der Waals surface area contributed by atoms with Crippen LogP contribution in [0.1, 0.15) is 39.2 Å². The highest BCUT2D eigenvalue weighted by Gasteiger charge is 2.19. The molecule has 0 aliphatic carbocycles. The molecule has 1 aromatic carbocycles. The molecule has 7 heteroatoms. The number of guanidine groups is 1. The number of rotatable bonds is 7. The summed E-state index contributed by atoms with van der Waals surface area (Å²) in [6.07, 6.45) is 2.51. The van der Waals surface area contributed by atoms with Gasteiger partial charge in [0.05, 0.1) is 27.4 Å². The van der Waals surface area contributed by atoms with Crippen molar-refractivity contribution in [2.75, 3.05) is 40.5 Å². The third kappa shape index (κ3) is 6.62. The molecule has 0 aromatic heterocycles. The van der Waals surface area contributed by atoms with Gasteiger partial charge in [-0.15, -0.1) is 24.0 Å². The molecule has 1 aromatic rings. The van der Waals surface area contributed by atoms with E-state index < -0.39 is 0 Å². The second-order valence-corrected chi connectivity index (χ2v) is 6.63. The molecule has 1 saturated heterocycles. The van der Waals surface area contributed by atoms with Crippen LogP contribution in [0.3, 0.4) is 0 Å². The van der Waals surface area contributed by atoms with Crippen molar-refractivity contribution in [2.24, 2.45) is 10.9 Å². The molecular weight excluding hydrogens is 457 g/mol. The first-order chi connectivity index (χ1) is 12.6. The average molecular weight is 491 g/mol. The maximum atomic E-state index is 5.67. The second-order valence-electron chi connectivity index (χ2n) is 6.63. The van der Waals surface area contributed by atoms with Crippen LogP contribution in [-0.4, -0.2) is 51.3 Å². The van der Waals surface area contributed by atoms with Crippen LogP contribution in [0.25, 0.3) is 0 Å². The Morgan fingerprint density at radius 2 is 1.89 bits per heavy atom. The molecule has 0 saturated carbocycles. The van der Waals surface area contributed by atoms with Gasteiger partial charge in [-0.25, -0.2) is 4.99 Å². The number of methoxy groups -OCH3 is 2. The van der Waals surface area contributed by atoms with Gasteiger partial charge >= 0.3 is 0 Å². The highest BCUT2D eigenvalue weighted by molar-refractivity contribution is 14.0. The van der Waals surface area contributed by atoms with E-state index in [0.29, 0.717) is 36.3 Å². The molecular formula is C20H34IN3O3. The van der Waals surface area contributed by atoms with E-state index in [1.54, 1.807) is 14.2 Å². The quantitative estimate of drug-likeness (QED) is 0.356. The third-order valence-corrected chi connectivity index (χ3v) is 4.51. The molecule has 1 atom stereocenters. The predicted molar refractivity (Wildman–Crippen MR) is 121 cm³/mol. The van der Waals surface area contributed by atoms with E-state index in [1.807, 2.05) is 19.1 Å². The second kappa shape index (κ2) is 12.2. The Morgan fingerprint density at radius 3 is 2.41 bits per heavy atom. The lowest BCUT2D eigenvalue weighted by Crippen LogP contribution is -2.46. The first-order valence-electron chi connectivity index (χ1n) is 9.53. The largest absolute Gasteiger partial charge is 0.493 e. The summed E-state index contributed by atoms with van der Waals surface area (Å²) in [6.45, 7) is 10.4. The maximum absolute atomic E-state index is 5.67. The lowest BCUT2D eigenvalue weighted by Gasteiger charge is -2.33. The van der Waals surface area contributed by atoms with Crippen molar-refractivity contribution in [3.05, 3.63) is 17.7 Å². The van der Waals surface area contributed by atoms with Crippen molar-refractivity contribution in [3.63, 3.8) is 0 Å². The Labute approximate surface area is 180 Å². The summed E-state index contributed by atoms with van der Waals surface area (Å²) >= 11 is 0. The van der Waals surface area contributed by atoms with Crippen LogP contribution >= 0.6 is 24.0 Å². The monoisotopic (exact) mass is 491 g/mol. The lowest BCUT2D eigenvalue weighted by atomic mass is 10.0. The minimum absolute atomic E-state index is 0. The summed E-state index contributed by atoms with van der Waals surface area (Å²) in [7, 11) is 3.28. The van der Waals surface area contributed by atoms with Gasteiger partial charge in [0.25, 0.3) is 0 Å². The third-order valence-electron chi connectivity index (χ3n) is 4.51. The van der Waals surface area contributed by atoms with Gasteiger partial charge in [0.15, 0.2) is 17.5 Å². The number of likely N-dealkylation sites (tertiary alicyclic amines) is 1. The topological polar surface area (TPSA) is 55.3 Å². The van der Waals surface area contributed by atoms with Gasteiger partial charge in [0.1, 0.15) is 0 Å². The molecule has 0 spiro atoms. The molecule has 0 bridgehead atoms. The number of ether oxygens (including phenoxy) is 3. The summed E-state index contributed by atoms with van der Waals surface area (Å²) < 4.78 is 16.6. The molecule has 1 fully saturated rings. The van der Waals surface area contributed by atoms with Crippen molar-refractivity contribution in [1.82, 2.24) is 10.2 Å². The molecule has 0 amide bonds. The summed E-state index contributed by atoms with van der Waals surface area (Å²) in [5, 5.41) is 3.42. The number of nitrogens with one attached hydrogen (secondary N) is 1. The van der Waals surface area contributed by atoms with Crippen molar-refractivity contribution in [2.45, 2.75) is 40.2 Å². The van der Waals surface area contributed by atoms with E-state index >= 15 is 0 Å². The molecule has 2 rings (SSSR count). The number of hydrogen-bond acceptors (Lipinski definition) is 4. The molecule has 1 aliphatic heterocycles. The average Bonchev–Trinajstić information content (AvgIpc) is 2.65. The van der Waals surface area contributed by atoms with E-state index in [1.165, 1.54) is 12.8 Å². The Hall–Kier alpha value is -1.38. The number of hydrogen-bond donors (Lipinski definition) is 1. The Kier molecular flexibility index (Phi) is 10.6. The van der Waals surface area contributed by atoms with Gasteiger partial charge in [-0.05, 0) is 50.3 Å². The number of halogens is 1. The Morgan fingerprint density at radius 1 is 1.22 bits per heavy atom. The van der Waals surface area contributed by atoms with Gasteiger partial charge < -0.3 is 24.4 Å². The highest BCUT2D eigenvalue weighted by Crippen LogP contribution is 2.38. The van der Waals surface area contributed by atoms with Crippen LogP contribution in [0.5, 0.6) is 17.2 Å². The predicted octanol–water partition coefficient (Wildman–Crippen LogP) is 3.92. The summed E-state index contributed by atoms with van der Waals surface area (Å²) in [5.41, 5.74) is 1.03. The van der Waals surface area contributed by atoms with Crippen molar-refractivity contribution >= 4 is 29.9 Å². The lowest BCUT2D eigenvalue weighted by molar-refractivity contribution is 0.266. The number of aliphatic imine (C=N–C) groups is 1. The van der Waals surface area contributed by atoms with Crippen LogP contribution in [-0.2, 0) is 6.54 Å². The highest BCUT2D eigenvalue weighted by atomic mass is 127. The summed E-state index contributed by atoms with van der Waals surface area (Å²) in [5.74, 6) is 3.67. The minimum atomic E-state index is 0. The van der Waals surface area contributed by atoms with Gasteiger partial charge in [-0.3, -0.25) is 0 Å². The maximum Gasteiger partial charge on any atom is 0.203 e. The van der Waals surface area contributed by atoms with Crippen molar-refractivity contribution in [1.29, 1.82) is 0 Å². The molecule has 1 aliphatic rings. The van der Waals surface area contributed by atoms with E-state index in [-0.39, 0.29) is 24.0 Å². The zero-order valence-corrected chi connectivity index (χ0v) is 19.5. The number of nitrogens with zero attached hydrogens (tertiary/aromatic N) is 2. The Bertz CT molecular complexity index is 585. The molecule has 1 unspecified atom stereocenters. The molecule has 1 N–H and O–H groups in total. The fourth-order valence-electron chi connectivity index (χ4n) is 3.29. The van der Waals surface area contributed by atoms with E-state index in [2.05, 4.69) is 24.1 Å². The number of benzene rings is 1. The fraction of sp³-hybridized carbons (Fsp3) is 0.650. The van der Waals surface area contributed by atoms with Crippen molar-refractivity contribution < 1.29 is 14.2 Å². The zero-order chi connectivity index (χ0) is 18.9. The van der Waals surface area contributed by atoms with E-state index in [0.717, 1.165) is 31.2 Å². The molecule has 1 heterocycles. The molecule has 0 radical (unpaired) electrons. The molecule has 6 nitrogen and oxygen atoms in total. The van der Waals surface area contributed by atoms with Crippen LogP contribution in [0.15, 0.2) is 17.1 Å². The minimum Gasteiger partial charge on any atom is -0.493 e. The van der Waals surface area contributed by atoms with Gasteiger partial charge in [-0.2, -0.15) is 0 Å². The normalized spacial score (nSPS) is 17.1. The Balaban J connectivity index is 0.00000364. The standard InChI is InChI=1S/C20H33N3O3.HI/c1-6-21-20(23-10-8-9-15(3)14-23)22-13-16-11-17(24-4)19(26-7-2)18(12-16)25-5;/h11-12,15H,6-10,13-14H2,1-5H3,(H,21,22);1H. The van der Waals surface area contributed by atoms with Gasteiger partial charge in [-0.1, -0.05) is 6.92 Å². The van der Waals surface area contributed by atoms with Crippen LogP contribution in [0.2, 0.25) is 0 Å². The molecule has 27 heavy (non-hydrogen) atoms. The SMILES string of the molecule is CCNC(=NCc1cc(OC)c(OCC)c(OC)c1)N1CCCC(C)C1.I. The van der Waals surface area contributed by atoms with Crippen LogP contribution < -0.4 is 19.5 Å². The smallest absolute Gasteiger partial charge is 0.203 e. The fourth-order valence-corrected chi connectivity index (χ4v) is 3.29. The molecule has 154 valence electrons. The van der Waals surface area contributed by atoms with Crippen LogP contribution in [0.4, 0.5) is 0 Å². The summed E-state index contributed by atoms with van der Waals surface area (Å²) in [4.78, 5) is 7.21. The van der Waals surface area contributed by atoms with Crippen molar-refractivity contribution in [3.8, 4) is 17.2 Å². The zero-order valence-electron chi connectivity index (χ0n) is 17.2. The van der Waals surface area contributed by atoms with Gasteiger partial charge in [0.2, 0.25) is 5.75 Å².